The molecule has 0 unspecified atom stereocenters. The quantitative estimate of drug-likeness (QED) is 0.558. The summed E-state index contributed by atoms with van der Waals surface area (Å²) in [5, 5.41) is 6.78. The first-order valence-corrected chi connectivity index (χ1v) is 7.44. The molecule has 0 amide bonds. The number of ketones is 1. The number of aromatic amines is 1. The number of aromatic nitrogens is 2. The lowest BCUT2D eigenvalue weighted by atomic mass is 10.1. The van der Waals surface area contributed by atoms with Crippen LogP contribution in [0.4, 0.5) is 8.78 Å². The zero-order chi connectivity index (χ0) is 17.8. The number of rotatable bonds is 5. The van der Waals surface area contributed by atoms with Crippen molar-refractivity contribution in [3.8, 4) is 17.0 Å². The van der Waals surface area contributed by atoms with Gasteiger partial charge in [0.1, 0.15) is 5.75 Å². The number of nitrogens with one attached hydrogen (secondary N) is 1. The van der Waals surface area contributed by atoms with Crippen molar-refractivity contribution in [1.82, 2.24) is 10.2 Å². The van der Waals surface area contributed by atoms with Gasteiger partial charge in [0.15, 0.2) is 17.4 Å². The third-order valence-corrected chi connectivity index (χ3v) is 3.60. The summed E-state index contributed by atoms with van der Waals surface area (Å²) in [5.41, 5.74) is 1.99. The van der Waals surface area contributed by atoms with E-state index in [9.17, 15) is 13.6 Å². The highest BCUT2D eigenvalue weighted by molar-refractivity contribution is 6.06. The minimum atomic E-state index is -0.938. The van der Waals surface area contributed by atoms with Gasteiger partial charge in [0.25, 0.3) is 0 Å². The van der Waals surface area contributed by atoms with Crippen LogP contribution >= 0.6 is 0 Å². The highest BCUT2D eigenvalue weighted by Gasteiger charge is 2.08. The molecule has 0 aliphatic heterocycles. The van der Waals surface area contributed by atoms with Crippen LogP contribution in [0.15, 0.2) is 54.6 Å². The van der Waals surface area contributed by atoms with E-state index in [4.69, 9.17) is 4.74 Å². The van der Waals surface area contributed by atoms with Crippen molar-refractivity contribution in [3.63, 3.8) is 0 Å². The smallest absolute Gasteiger partial charge is 0.185 e. The minimum Gasteiger partial charge on any atom is -0.497 e. The molecule has 0 fully saturated rings. The molecule has 25 heavy (non-hydrogen) atoms. The molecule has 126 valence electrons. The molecule has 3 rings (SSSR count). The molecule has 3 aromatic rings. The molecule has 1 heterocycles. The fourth-order valence-electron chi connectivity index (χ4n) is 2.24. The largest absolute Gasteiger partial charge is 0.497 e. The van der Waals surface area contributed by atoms with Gasteiger partial charge in [0, 0.05) is 11.1 Å². The van der Waals surface area contributed by atoms with Gasteiger partial charge in [-0.1, -0.05) is 0 Å². The van der Waals surface area contributed by atoms with Gasteiger partial charge in [-0.2, -0.15) is 5.10 Å². The first-order valence-electron chi connectivity index (χ1n) is 7.44. The summed E-state index contributed by atoms with van der Waals surface area (Å²) in [6.45, 7) is 0. The Balaban J connectivity index is 1.74. The lowest BCUT2D eigenvalue weighted by Gasteiger charge is -1.99. The molecule has 0 aliphatic carbocycles. The highest BCUT2D eigenvalue weighted by atomic mass is 19.2. The Hall–Kier alpha value is -3.28. The third-order valence-electron chi connectivity index (χ3n) is 3.60. The molecule has 0 radical (unpaired) electrons. The molecule has 4 nitrogen and oxygen atoms in total. The van der Waals surface area contributed by atoms with E-state index in [1.54, 1.807) is 43.5 Å². The molecule has 2 aromatic carbocycles. The van der Waals surface area contributed by atoms with Gasteiger partial charge in [0.05, 0.1) is 18.5 Å². The Morgan fingerprint density at radius 3 is 2.52 bits per heavy atom. The number of nitrogens with zero attached hydrogens (tertiary/aromatic N) is 1. The van der Waals surface area contributed by atoms with Crippen LogP contribution in [0.2, 0.25) is 0 Å². The van der Waals surface area contributed by atoms with Crippen molar-refractivity contribution in [2.45, 2.75) is 0 Å². The van der Waals surface area contributed by atoms with Crippen LogP contribution in [0.1, 0.15) is 16.1 Å². The van der Waals surface area contributed by atoms with Crippen molar-refractivity contribution >= 4 is 11.9 Å². The summed E-state index contributed by atoms with van der Waals surface area (Å²) >= 11 is 0. The van der Waals surface area contributed by atoms with Gasteiger partial charge in [-0.3, -0.25) is 9.89 Å². The number of methoxy groups -OCH3 is 1. The van der Waals surface area contributed by atoms with Crippen molar-refractivity contribution in [2.24, 2.45) is 0 Å². The number of hydrogen-bond donors (Lipinski definition) is 1. The summed E-state index contributed by atoms with van der Waals surface area (Å²) in [7, 11) is 1.56. The van der Waals surface area contributed by atoms with Gasteiger partial charge in [-0.05, 0) is 60.7 Å². The van der Waals surface area contributed by atoms with Gasteiger partial charge in [-0.15, -0.1) is 0 Å². The average Bonchev–Trinajstić information content (AvgIpc) is 3.11. The minimum absolute atomic E-state index is 0.174. The fourth-order valence-corrected chi connectivity index (χ4v) is 2.24. The molecule has 0 aliphatic rings. The van der Waals surface area contributed by atoms with Crippen molar-refractivity contribution in [2.75, 3.05) is 7.11 Å². The second kappa shape index (κ2) is 7.09. The Morgan fingerprint density at radius 2 is 1.84 bits per heavy atom. The second-order valence-corrected chi connectivity index (χ2v) is 5.26. The number of benzene rings is 2. The summed E-state index contributed by atoms with van der Waals surface area (Å²) in [6, 6.07) is 12.0. The number of H-pyrrole nitrogens is 1. The molecule has 0 bridgehead atoms. The van der Waals surface area contributed by atoms with Crippen LogP contribution in [0, 0.1) is 11.6 Å². The van der Waals surface area contributed by atoms with Crippen molar-refractivity contribution in [3.05, 3.63) is 77.5 Å². The van der Waals surface area contributed by atoms with Gasteiger partial charge in [0.2, 0.25) is 0 Å². The summed E-state index contributed by atoms with van der Waals surface area (Å²) in [6.07, 6.45) is 2.98. The van der Waals surface area contributed by atoms with E-state index in [2.05, 4.69) is 10.2 Å². The Bertz CT molecular complexity index is 931. The Kier molecular flexibility index (Phi) is 4.70. The number of carbonyl (C=O) groups excluding carboxylic acids is 1. The van der Waals surface area contributed by atoms with Gasteiger partial charge in [-0.25, -0.2) is 8.78 Å². The Morgan fingerprint density at radius 1 is 1.08 bits per heavy atom. The van der Waals surface area contributed by atoms with Crippen molar-refractivity contribution in [1.29, 1.82) is 0 Å². The highest BCUT2D eigenvalue weighted by Crippen LogP contribution is 2.21. The summed E-state index contributed by atoms with van der Waals surface area (Å²) in [4.78, 5) is 12.1. The van der Waals surface area contributed by atoms with Gasteiger partial charge >= 0.3 is 0 Å². The molecular formula is C19H14F2N2O2. The molecule has 1 N–H and O–H groups in total. The van der Waals surface area contributed by atoms with E-state index >= 15 is 0 Å². The third kappa shape index (κ3) is 3.80. The van der Waals surface area contributed by atoms with Crippen LogP contribution in [0.3, 0.4) is 0 Å². The maximum absolute atomic E-state index is 13.3. The molecule has 0 saturated carbocycles. The molecule has 0 saturated heterocycles. The fraction of sp³-hybridized carbons (Fsp3) is 0.0526. The first-order chi connectivity index (χ1) is 12.1. The zero-order valence-electron chi connectivity index (χ0n) is 13.3. The molecule has 1 aromatic heterocycles. The molecule has 6 heteroatoms. The van der Waals surface area contributed by atoms with Gasteiger partial charge < -0.3 is 4.74 Å². The zero-order valence-corrected chi connectivity index (χ0v) is 13.3. The molecule has 0 atom stereocenters. The van der Waals surface area contributed by atoms with Crippen LogP contribution in [0.25, 0.3) is 17.3 Å². The van der Waals surface area contributed by atoms with E-state index in [-0.39, 0.29) is 5.78 Å². The lowest BCUT2D eigenvalue weighted by molar-refractivity contribution is 0.104. The molecular weight excluding hydrogens is 326 g/mol. The number of carbonyl (C=O) groups is 1. The van der Waals surface area contributed by atoms with Crippen molar-refractivity contribution < 1.29 is 18.3 Å². The predicted molar refractivity (Wildman–Crippen MR) is 90.3 cm³/mol. The van der Waals surface area contributed by atoms with E-state index in [0.29, 0.717) is 28.3 Å². The van der Waals surface area contributed by atoms with Crippen LogP contribution < -0.4 is 4.74 Å². The second-order valence-electron chi connectivity index (χ2n) is 5.26. The Labute approximate surface area is 142 Å². The predicted octanol–water partition coefficient (Wildman–Crippen LogP) is 4.26. The maximum Gasteiger partial charge on any atom is 0.185 e. The number of hydrogen-bond acceptors (Lipinski definition) is 3. The topological polar surface area (TPSA) is 55.0 Å². The average molecular weight is 340 g/mol. The van der Waals surface area contributed by atoms with E-state index in [1.807, 2.05) is 0 Å². The number of ether oxygens (including phenoxy) is 1. The normalized spacial score (nSPS) is 11.0. The SMILES string of the molecule is COc1ccc(C(=O)/C=C/c2cc(-c3ccc(F)c(F)c3)n[nH]2)cc1. The molecule has 0 spiro atoms. The summed E-state index contributed by atoms with van der Waals surface area (Å²) in [5.74, 6) is -1.35. The van der Waals surface area contributed by atoms with Crippen LogP contribution in [0.5, 0.6) is 5.75 Å². The number of allylic oxidation sites excluding steroid dienone is 1. The summed E-state index contributed by atoms with van der Waals surface area (Å²) < 4.78 is 31.3. The van der Waals surface area contributed by atoms with E-state index in [1.165, 1.54) is 12.1 Å². The first kappa shape index (κ1) is 16.6. The van der Waals surface area contributed by atoms with E-state index < -0.39 is 11.6 Å². The maximum atomic E-state index is 13.3. The lowest BCUT2D eigenvalue weighted by Crippen LogP contribution is -1.94. The van der Waals surface area contributed by atoms with Crippen LogP contribution in [-0.2, 0) is 0 Å². The van der Waals surface area contributed by atoms with E-state index in [0.717, 1.165) is 12.1 Å². The van der Waals surface area contributed by atoms with Crippen LogP contribution in [-0.4, -0.2) is 23.1 Å². The number of halogens is 2. The monoisotopic (exact) mass is 340 g/mol. The standard InChI is InChI=1S/C19H14F2N2O2/c1-25-15-6-2-12(3-7-15)19(24)9-5-14-11-18(23-22-14)13-4-8-16(20)17(21)10-13/h2-11H,1H3,(H,22,23)/b9-5+.